The number of hydrogen-bond donors (Lipinski definition) is 1. The van der Waals surface area contributed by atoms with Crippen LogP contribution in [0.25, 0.3) is 0 Å². The maximum Gasteiger partial charge on any atom is 0.257 e. The van der Waals surface area contributed by atoms with E-state index in [-0.39, 0.29) is 5.91 Å². The largest absolute Gasteiger partial charge is 0.497 e. The minimum atomic E-state index is -0.126. The second kappa shape index (κ2) is 7.61. The smallest absolute Gasteiger partial charge is 0.257 e. The number of amides is 2. The van der Waals surface area contributed by atoms with Gasteiger partial charge in [-0.05, 0) is 12.1 Å². The summed E-state index contributed by atoms with van der Waals surface area (Å²) < 4.78 is 5.17. The second-order valence-electron chi connectivity index (χ2n) is 5.59. The molecule has 2 aromatic rings. The molecule has 0 spiro atoms. The molecule has 0 bridgehead atoms. The molecule has 1 saturated heterocycles. The summed E-state index contributed by atoms with van der Waals surface area (Å²) in [4.78, 5) is 34.9. The highest BCUT2D eigenvalue weighted by molar-refractivity contribution is 5.93. The molecular formula is C17H19N5O3. The standard InChI is InChI=1S/C17H19N5O3/c1-25-15-4-2-3-14(9-15)20-17-18-10-13(11-19-17)16(24)22-7-5-21(12-23)6-8-22/h2-4,9-12H,5-8H2,1H3,(H,18,19,20). The molecule has 0 saturated carbocycles. The van der Waals surface area contributed by atoms with E-state index in [1.54, 1.807) is 16.9 Å². The number of carbonyl (C=O) groups excluding carboxylic acids is 2. The van der Waals surface area contributed by atoms with E-state index in [1.807, 2.05) is 24.3 Å². The molecule has 0 atom stereocenters. The monoisotopic (exact) mass is 341 g/mol. The van der Waals surface area contributed by atoms with Gasteiger partial charge in [-0.2, -0.15) is 0 Å². The van der Waals surface area contributed by atoms with Crippen LogP contribution in [0.1, 0.15) is 10.4 Å². The number of piperazine rings is 1. The molecular weight excluding hydrogens is 322 g/mol. The number of nitrogens with zero attached hydrogens (tertiary/aromatic N) is 4. The molecule has 1 aromatic heterocycles. The SMILES string of the molecule is COc1cccc(Nc2ncc(C(=O)N3CCN(C=O)CC3)cn2)c1. The summed E-state index contributed by atoms with van der Waals surface area (Å²) in [7, 11) is 1.60. The Bertz CT molecular complexity index is 742. The van der Waals surface area contributed by atoms with Crippen molar-refractivity contribution in [2.24, 2.45) is 0 Å². The fourth-order valence-corrected chi connectivity index (χ4v) is 2.55. The van der Waals surface area contributed by atoms with Gasteiger partial charge < -0.3 is 19.9 Å². The Morgan fingerprint density at radius 1 is 1.20 bits per heavy atom. The molecule has 8 nitrogen and oxygen atoms in total. The zero-order chi connectivity index (χ0) is 17.6. The Labute approximate surface area is 145 Å². The van der Waals surface area contributed by atoms with Crippen molar-refractivity contribution < 1.29 is 14.3 Å². The number of carbonyl (C=O) groups is 2. The molecule has 2 amide bonds. The van der Waals surface area contributed by atoms with Gasteiger partial charge in [-0.3, -0.25) is 9.59 Å². The number of hydrogen-bond acceptors (Lipinski definition) is 6. The van der Waals surface area contributed by atoms with E-state index < -0.39 is 0 Å². The van der Waals surface area contributed by atoms with Crippen LogP contribution in [0, 0.1) is 0 Å². The van der Waals surface area contributed by atoms with E-state index in [0.29, 0.717) is 37.7 Å². The predicted molar refractivity (Wildman–Crippen MR) is 91.8 cm³/mol. The Morgan fingerprint density at radius 2 is 1.92 bits per heavy atom. The third-order valence-electron chi connectivity index (χ3n) is 3.98. The molecule has 1 fully saturated rings. The molecule has 1 aliphatic heterocycles. The molecule has 2 heterocycles. The first-order valence-electron chi connectivity index (χ1n) is 7.91. The molecule has 0 unspecified atom stereocenters. The maximum atomic E-state index is 12.4. The van der Waals surface area contributed by atoms with E-state index in [9.17, 15) is 9.59 Å². The van der Waals surface area contributed by atoms with Crippen LogP contribution < -0.4 is 10.1 Å². The lowest BCUT2D eigenvalue weighted by atomic mass is 10.2. The summed E-state index contributed by atoms with van der Waals surface area (Å²) in [6.45, 7) is 2.12. The van der Waals surface area contributed by atoms with Crippen molar-refractivity contribution in [1.82, 2.24) is 19.8 Å². The lowest BCUT2D eigenvalue weighted by Gasteiger charge is -2.32. The Morgan fingerprint density at radius 3 is 2.56 bits per heavy atom. The summed E-state index contributed by atoms with van der Waals surface area (Å²) in [5, 5.41) is 3.07. The van der Waals surface area contributed by atoms with Crippen molar-refractivity contribution in [3.8, 4) is 5.75 Å². The number of anilines is 2. The van der Waals surface area contributed by atoms with Crippen molar-refractivity contribution in [1.29, 1.82) is 0 Å². The zero-order valence-corrected chi connectivity index (χ0v) is 13.9. The van der Waals surface area contributed by atoms with Gasteiger partial charge in [-0.25, -0.2) is 9.97 Å². The third kappa shape index (κ3) is 4.03. The highest BCUT2D eigenvalue weighted by Crippen LogP contribution is 2.19. The Kier molecular flexibility index (Phi) is 5.08. The fraction of sp³-hybridized carbons (Fsp3) is 0.294. The van der Waals surface area contributed by atoms with Gasteiger partial charge in [0.2, 0.25) is 12.4 Å². The highest BCUT2D eigenvalue weighted by atomic mass is 16.5. The van der Waals surface area contributed by atoms with Crippen molar-refractivity contribution >= 4 is 24.0 Å². The van der Waals surface area contributed by atoms with E-state index >= 15 is 0 Å². The van der Waals surface area contributed by atoms with Crippen molar-refractivity contribution in [2.75, 3.05) is 38.6 Å². The lowest BCUT2D eigenvalue weighted by Crippen LogP contribution is -2.48. The van der Waals surface area contributed by atoms with Gasteiger partial charge in [-0.15, -0.1) is 0 Å². The van der Waals surface area contributed by atoms with Crippen LogP contribution in [-0.2, 0) is 4.79 Å². The minimum Gasteiger partial charge on any atom is -0.497 e. The normalized spacial score (nSPS) is 14.1. The van der Waals surface area contributed by atoms with Gasteiger partial charge >= 0.3 is 0 Å². The van der Waals surface area contributed by atoms with E-state index in [2.05, 4.69) is 15.3 Å². The molecule has 3 rings (SSSR count). The fourth-order valence-electron chi connectivity index (χ4n) is 2.55. The van der Waals surface area contributed by atoms with Gasteiger partial charge in [0.25, 0.3) is 5.91 Å². The number of ether oxygens (including phenoxy) is 1. The zero-order valence-electron chi connectivity index (χ0n) is 13.9. The van der Waals surface area contributed by atoms with Gasteiger partial charge in [0, 0.05) is 50.3 Å². The summed E-state index contributed by atoms with van der Waals surface area (Å²) in [6.07, 6.45) is 3.82. The van der Waals surface area contributed by atoms with Gasteiger partial charge in [0.15, 0.2) is 0 Å². The number of aromatic nitrogens is 2. The first kappa shape index (κ1) is 16.7. The molecule has 25 heavy (non-hydrogen) atoms. The van der Waals surface area contributed by atoms with Gasteiger partial charge in [0.1, 0.15) is 5.75 Å². The number of nitrogens with one attached hydrogen (secondary N) is 1. The highest BCUT2D eigenvalue weighted by Gasteiger charge is 2.21. The number of methoxy groups -OCH3 is 1. The van der Waals surface area contributed by atoms with Crippen molar-refractivity contribution in [2.45, 2.75) is 0 Å². The number of rotatable bonds is 5. The van der Waals surface area contributed by atoms with Crippen LogP contribution >= 0.6 is 0 Å². The molecule has 130 valence electrons. The van der Waals surface area contributed by atoms with Crippen LogP contribution in [0.2, 0.25) is 0 Å². The quantitative estimate of drug-likeness (QED) is 0.821. The third-order valence-corrected chi connectivity index (χ3v) is 3.98. The first-order chi connectivity index (χ1) is 12.2. The van der Waals surface area contributed by atoms with Crippen LogP contribution in [0.4, 0.5) is 11.6 Å². The average Bonchev–Trinajstić information content (AvgIpc) is 2.68. The van der Waals surface area contributed by atoms with Crippen LogP contribution in [-0.4, -0.2) is 65.4 Å². The molecule has 1 N–H and O–H groups in total. The van der Waals surface area contributed by atoms with E-state index in [4.69, 9.17) is 4.74 Å². The Balaban J connectivity index is 1.63. The van der Waals surface area contributed by atoms with Crippen LogP contribution in [0.15, 0.2) is 36.7 Å². The summed E-state index contributed by atoms with van der Waals surface area (Å²) in [5.41, 5.74) is 1.22. The van der Waals surface area contributed by atoms with Crippen LogP contribution in [0.5, 0.6) is 5.75 Å². The van der Waals surface area contributed by atoms with Crippen molar-refractivity contribution in [3.63, 3.8) is 0 Å². The van der Waals surface area contributed by atoms with Crippen LogP contribution in [0.3, 0.4) is 0 Å². The minimum absolute atomic E-state index is 0.126. The lowest BCUT2D eigenvalue weighted by molar-refractivity contribution is -0.119. The van der Waals surface area contributed by atoms with Gasteiger partial charge in [-0.1, -0.05) is 6.07 Å². The average molecular weight is 341 g/mol. The maximum absolute atomic E-state index is 12.4. The molecule has 8 heteroatoms. The molecule has 0 aliphatic carbocycles. The van der Waals surface area contributed by atoms with E-state index in [0.717, 1.165) is 17.8 Å². The van der Waals surface area contributed by atoms with Gasteiger partial charge in [0.05, 0.1) is 12.7 Å². The molecule has 1 aromatic carbocycles. The molecule has 0 radical (unpaired) electrons. The van der Waals surface area contributed by atoms with Crippen molar-refractivity contribution in [3.05, 3.63) is 42.2 Å². The summed E-state index contributed by atoms with van der Waals surface area (Å²) in [6, 6.07) is 7.41. The summed E-state index contributed by atoms with van der Waals surface area (Å²) in [5.74, 6) is 1.00. The predicted octanol–water partition coefficient (Wildman–Crippen LogP) is 1.14. The Hall–Kier alpha value is -3.16. The number of benzene rings is 1. The first-order valence-corrected chi connectivity index (χ1v) is 7.91. The second-order valence-corrected chi connectivity index (χ2v) is 5.59. The summed E-state index contributed by atoms with van der Waals surface area (Å²) >= 11 is 0. The molecule has 1 aliphatic rings. The van der Waals surface area contributed by atoms with E-state index in [1.165, 1.54) is 12.4 Å². The topological polar surface area (TPSA) is 87.7 Å².